The molecule has 2 aliphatic rings. The number of rotatable bonds is 6. The van der Waals surface area contributed by atoms with Gasteiger partial charge in [-0.05, 0) is 55.4 Å². The van der Waals surface area contributed by atoms with Gasteiger partial charge in [-0.25, -0.2) is 0 Å². The van der Waals surface area contributed by atoms with Gasteiger partial charge in [-0.15, -0.1) is 0 Å². The zero-order valence-electron chi connectivity index (χ0n) is 12.5. The molecule has 1 unspecified atom stereocenters. The Bertz CT molecular complexity index is 286. The van der Waals surface area contributed by atoms with Crippen molar-refractivity contribution in [1.82, 2.24) is 5.32 Å². The minimum Gasteiger partial charge on any atom is -0.396 e. The summed E-state index contributed by atoms with van der Waals surface area (Å²) in [5.41, 5.74) is 0. The Morgan fingerprint density at radius 2 is 1.85 bits per heavy atom. The minimum absolute atomic E-state index is 0.182. The number of thioether (sulfide) groups is 1. The van der Waals surface area contributed by atoms with E-state index < -0.39 is 0 Å². The lowest BCUT2D eigenvalue weighted by Crippen LogP contribution is -2.42. The summed E-state index contributed by atoms with van der Waals surface area (Å²) in [6, 6.07) is 0.200. The van der Waals surface area contributed by atoms with E-state index >= 15 is 0 Å². The molecular weight excluding hydrogens is 270 g/mol. The number of carbonyl (C=O) groups is 1. The molecule has 0 aromatic heterocycles. The lowest BCUT2D eigenvalue weighted by atomic mass is 9.82. The van der Waals surface area contributed by atoms with Crippen LogP contribution >= 0.6 is 11.8 Å². The summed E-state index contributed by atoms with van der Waals surface area (Å²) in [4.78, 5) is 12.2. The summed E-state index contributed by atoms with van der Waals surface area (Å²) in [7, 11) is 0. The van der Waals surface area contributed by atoms with Gasteiger partial charge in [0.25, 0.3) is 0 Å². The summed E-state index contributed by atoms with van der Waals surface area (Å²) in [6.07, 6.45) is 10.1. The second-order valence-electron chi connectivity index (χ2n) is 6.34. The summed E-state index contributed by atoms with van der Waals surface area (Å²) < 4.78 is 0. The molecule has 0 aromatic carbocycles. The minimum atomic E-state index is 0.182. The van der Waals surface area contributed by atoms with E-state index in [0.717, 1.165) is 6.42 Å². The van der Waals surface area contributed by atoms with Crippen molar-refractivity contribution >= 4 is 17.7 Å². The van der Waals surface area contributed by atoms with Crippen molar-refractivity contribution in [1.29, 1.82) is 0 Å². The maximum atomic E-state index is 12.2. The molecule has 1 aliphatic heterocycles. The molecule has 2 fully saturated rings. The fourth-order valence-electron chi connectivity index (χ4n) is 3.58. The monoisotopic (exact) mass is 299 g/mol. The zero-order chi connectivity index (χ0) is 14.2. The van der Waals surface area contributed by atoms with Crippen LogP contribution in [-0.4, -0.2) is 35.2 Å². The topological polar surface area (TPSA) is 49.3 Å². The van der Waals surface area contributed by atoms with Crippen molar-refractivity contribution in [3.63, 3.8) is 0 Å². The largest absolute Gasteiger partial charge is 0.396 e. The van der Waals surface area contributed by atoms with Crippen LogP contribution in [0.2, 0.25) is 0 Å². The van der Waals surface area contributed by atoms with Crippen molar-refractivity contribution in [2.45, 2.75) is 63.8 Å². The Kier molecular flexibility index (Phi) is 7.22. The molecular formula is C16H29NO2S. The summed E-state index contributed by atoms with van der Waals surface area (Å²) in [5.74, 6) is 3.80. The molecule has 116 valence electrons. The SMILES string of the molecule is O=C(CC1CCSCC1)NC(CCO)C1CCCCC1. The molecule has 3 nitrogen and oxygen atoms in total. The molecule has 0 bridgehead atoms. The smallest absolute Gasteiger partial charge is 0.220 e. The van der Waals surface area contributed by atoms with Crippen LogP contribution in [0.3, 0.4) is 0 Å². The van der Waals surface area contributed by atoms with E-state index in [0.29, 0.717) is 18.3 Å². The fourth-order valence-corrected chi connectivity index (χ4v) is 4.78. The number of nitrogens with one attached hydrogen (secondary N) is 1. The van der Waals surface area contributed by atoms with Gasteiger partial charge in [0.2, 0.25) is 5.91 Å². The van der Waals surface area contributed by atoms with Gasteiger partial charge in [0.1, 0.15) is 0 Å². The van der Waals surface area contributed by atoms with Gasteiger partial charge < -0.3 is 10.4 Å². The third kappa shape index (κ3) is 5.28. The van der Waals surface area contributed by atoms with E-state index in [9.17, 15) is 9.90 Å². The van der Waals surface area contributed by atoms with Crippen LogP contribution in [0.25, 0.3) is 0 Å². The highest BCUT2D eigenvalue weighted by Gasteiger charge is 2.26. The molecule has 0 radical (unpaired) electrons. The first-order valence-electron chi connectivity index (χ1n) is 8.27. The molecule has 1 saturated heterocycles. The molecule has 1 atom stereocenters. The third-order valence-corrected chi connectivity index (χ3v) is 5.87. The van der Waals surface area contributed by atoms with E-state index in [1.165, 1.54) is 56.5 Å². The average molecular weight is 299 g/mol. The van der Waals surface area contributed by atoms with Crippen LogP contribution in [0.15, 0.2) is 0 Å². The van der Waals surface area contributed by atoms with Gasteiger partial charge in [0, 0.05) is 19.1 Å². The van der Waals surface area contributed by atoms with E-state index in [1.54, 1.807) is 0 Å². The maximum Gasteiger partial charge on any atom is 0.220 e. The van der Waals surface area contributed by atoms with Crippen LogP contribution < -0.4 is 5.32 Å². The summed E-state index contributed by atoms with van der Waals surface area (Å²) in [5, 5.41) is 12.5. The second-order valence-corrected chi connectivity index (χ2v) is 7.57. The fraction of sp³-hybridized carbons (Fsp3) is 0.938. The van der Waals surface area contributed by atoms with Gasteiger partial charge in [0.15, 0.2) is 0 Å². The number of amides is 1. The van der Waals surface area contributed by atoms with E-state index in [-0.39, 0.29) is 18.6 Å². The number of aliphatic hydroxyl groups excluding tert-OH is 1. The highest BCUT2D eigenvalue weighted by Crippen LogP contribution is 2.29. The Morgan fingerprint density at radius 3 is 2.50 bits per heavy atom. The number of carbonyl (C=O) groups excluding carboxylic acids is 1. The van der Waals surface area contributed by atoms with Crippen molar-refractivity contribution < 1.29 is 9.90 Å². The predicted octanol–water partition coefficient (Wildman–Crippen LogP) is 2.97. The van der Waals surface area contributed by atoms with Gasteiger partial charge in [0.05, 0.1) is 0 Å². The molecule has 1 aliphatic carbocycles. The Hall–Kier alpha value is -0.220. The molecule has 1 amide bonds. The number of hydrogen-bond acceptors (Lipinski definition) is 3. The van der Waals surface area contributed by atoms with Crippen LogP contribution in [-0.2, 0) is 4.79 Å². The normalized spacial score (nSPS) is 23.4. The molecule has 2 N–H and O–H groups in total. The first-order valence-corrected chi connectivity index (χ1v) is 9.43. The third-order valence-electron chi connectivity index (χ3n) is 4.82. The second kappa shape index (κ2) is 8.93. The highest BCUT2D eigenvalue weighted by molar-refractivity contribution is 7.99. The van der Waals surface area contributed by atoms with Gasteiger partial charge in [-0.3, -0.25) is 4.79 Å². The van der Waals surface area contributed by atoms with Crippen LogP contribution in [0.5, 0.6) is 0 Å². The maximum absolute atomic E-state index is 12.2. The molecule has 0 aromatic rings. The molecule has 1 saturated carbocycles. The molecule has 20 heavy (non-hydrogen) atoms. The van der Waals surface area contributed by atoms with E-state index in [1.807, 2.05) is 11.8 Å². The Balaban J connectivity index is 1.78. The quantitative estimate of drug-likeness (QED) is 0.793. The van der Waals surface area contributed by atoms with Crippen LogP contribution in [0.4, 0.5) is 0 Å². The number of hydrogen-bond donors (Lipinski definition) is 2. The summed E-state index contributed by atoms with van der Waals surface area (Å²) >= 11 is 2.01. The Morgan fingerprint density at radius 1 is 1.15 bits per heavy atom. The lowest BCUT2D eigenvalue weighted by Gasteiger charge is -2.31. The van der Waals surface area contributed by atoms with Crippen molar-refractivity contribution in [3.8, 4) is 0 Å². The van der Waals surface area contributed by atoms with Crippen LogP contribution in [0, 0.1) is 11.8 Å². The van der Waals surface area contributed by atoms with Gasteiger partial charge >= 0.3 is 0 Å². The van der Waals surface area contributed by atoms with Crippen molar-refractivity contribution in [2.24, 2.45) is 11.8 Å². The van der Waals surface area contributed by atoms with Crippen LogP contribution in [0.1, 0.15) is 57.8 Å². The molecule has 4 heteroatoms. The molecule has 1 heterocycles. The summed E-state index contributed by atoms with van der Waals surface area (Å²) in [6.45, 7) is 0.182. The van der Waals surface area contributed by atoms with E-state index in [4.69, 9.17) is 0 Å². The average Bonchev–Trinajstić information content (AvgIpc) is 2.49. The highest BCUT2D eigenvalue weighted by atomic mass is 32.2. The van der Waals surface area contributed by atoms with Crippen molar-refractivity contribution in [2.75, 3.05) is 18.1 Å². The molecule has 0 spiro atoms. The predicted molar refractivity (Wildman–Crippen MR) is 84.9 cm³/mol. The Labute approximate surface area is 127 Å². The lowest BCUT2D eigenvalue weighted by molar-refractivity contribution is -0.123. The van der Waals surface area contributed by atoms with E-state index in [2.05, 4.69) is 5.32 Å². The van der Waals surface area contributed by atoms with Crippen molar-refractivity contribution in [3.05, 3.63) is 0 Å². The number of aliphatic hydroxyl groups is 1. The van der Waals surface area contributed by atoms with Gasteiger partial charge in [-0.2, -0.15) is 11.8 Å². The zero-order valence-corrected chi connectivity index (χ0v) is 13.3. The van der Waals surface area contributed by atoms with Gasteiger partial charge in [-0.1, -0.05) is 19.3 Å². The standard InChI is InChI=1S/C16H29NO2S/c18-9-6-15(14-4-2-1-3-5-14)17-16(19)12-13-7-10-20-11-8-13/h13-15,18H,1-12H2,(H,17,19). The first-order chi connectivity index (χ1) is 9.79. The first kappa shape index (κ1) is 16.2. The molecule has 2 rings (SSSR count).